The van der Waals surface area contributed by atoms with Crippen LogP contribution in [0, 0.1) is 24.7 Å². The van der Waals surface area contributed by atoms with E-state index in [2.05, 4.69) is 16.0 Å². The van der Waals surface area contributed by atoms with Crippen molar-refractivity contribution < 1.29 is 75.4 Å². The second-order valence-corrected chi connectivity index (χ2v) is 29.9. The van der Waals surface area contributed by atoms with E-state index >= 15 is 19.2 Å². The smallest absolute Gasteiger partial charge is 0.378 e. The van der Waals surface area contributed by atoms with E-state index in [9.17, 15) is 51.5 Å². The van der Waals surface area contributed by atoms with Crippen molar-refractivity contribution in [1.29, 1.82) is 0 Å². The highest BCUT2D eigenvalue weighted by atomic mass is 35.5. The third-order valence-electron chi connectivity index (χ3n) is 20.8. The van der Waals surface area contributed by atoms with Gasteiger partial charge in [0.15, 0.2) is 0 Å². The lowest BCUT2D eigenvalue weighted by molar-refractivity contribution is -0.160. The molecule has 2 aromatic carbocycles. The number of likely N-dealkylation sites (N-methyl/N-ethyl adjacent to an activating group) is 8. The highest BCUT2D eigenvalue weighted by Gasteiger charge is 2.50. The SMILES string of the molecule is CC[C@H](C)[C@@H]1NC(=O)[C@H](CC(C)C)N(C)C(=O)C[C@@H](C(=O)N(C)C)N(C)C(=O)[C@H]([C@@H](C)CC)N(C)C(=O)C2(CCCC2)NC(=O)CN(CCOCCN(C)C)C(=O)C(CCc2ccc(C(F)(F)F)c(Cl)c2)NC(=O)CN(C)C(=O)[C@H](Cc2ccc(C)cc2)N(C)C(=O)[C@@H]2CCN2C(=O)[C@H](C)N(C)C1=O. The number of hydrogen-bond acceptors (Lipinski definition) is 14. The minimum absolute atomic E-state index is 0.0650. The molecule has 3 aliphatic rings. The van der Waals surface area contributed by atoms with Crippen LogP contribution in [0.5, 0.6) is 0 Å². The van der Waals surface area contributed by atoms with Gasteiger partial charge in [-0.15, -0.1) is 0 Å². The molecule has 30 heteroatoms. The molecule has 0 radical (unpaired) electrons. The van der Waals surface area contributed by atoms with E-state index in [0.717, 1.165) is 32.4 Å². The number of ether oxygens (including phenoxy) is 1. The fraction of sp³-hybridized carbons (Fsp3) is 0.676. The fourth-order valence-electron chi connectivity index (χ4n) is 13.4. The number of halogens is 4. The molecule has 2 heterocycles. The third-order valence-corrected chi connectivity index (χ3v) is 21.1. The van der Waals surface area contributed by atoms with E-state index < -0.39 is 173 Å². The van der Waals surface area contributed by atoms with E-state index in [1.807, 2.05) is 65.7 Å². The summed E-state index contributed by atoms with van der Waals surface area (Å²) in [6.07, 6.45) is -3.82. The molecule has 2 saturated heterocycles. The summed E-state index contributed by atoms with van der Waals surface area (Å²) in [5.74, 6) is -9.93. The van der Waals surface area contributed by atoms with Crippen molar-refractivity contribution in [3.8, 4) is 0 Å². The predicted octanol–water partition coefficient (Wildman–Crippen LogP) is 4.49. The average Bonchev–Trinajstić information content (AvgIpc) is 1.23. The second-order valence-electron chi connectivity index (χ2n) is 29.5. The first-order valence-electron chi connectivity index (χ1n) is 36.1. The van der Waals surface area contributed by atoms with Crippen LogP contribution in [0.4, 0.5) is 13.2 Å². The van der Waals surface area contributed by atoms with E-state index in [4.69, 9.17) is 16.3 Å². The molecule has 12 amide bonds. The van der Waals surface area contributed by atoms with Crippen LogP contribution >= 0.6 is 11.6 Å². The van der Waals surface area contributed by atoms with Crippen LogP contribution in [-0.2, 0) is 81.3 Å². The average molecular weight is 1490 g/mol. The third kappa shape index (κ3) is 22.3. The fourth-order valence-corrected chi connectivity index (χ4v) is 13.8. The van der Waals surface area contributed by atoms with Gasteiger partial charge in [0.2, 0.25) is 70.9 Å². The Morgan fingerprint density at radius 1 is 0.702 bits per heavy atom. The Kier molecular flexibility index (Phi) is 32.0. The van der Waals surface area contributed by atoms with E-state index in [1.54, 1.807) is 26.0 Å². The molecule has 2 aromatic rings. The van der Waals surface area contributed by atoms with Gasteiger partial charge in [0, 0.05) is 82.4 Å². The lowest BCUT2D eigenvalue weighted by atomic mass is 9.90. The van der Waals surface area contributed by atoms with Crippen molar-refractivity contribution in [3.63, 3.8) is 0 Å². The van der Waals surface area contributed by atoms with Gasteiger partial charge in [-0.05, 0) is 107 Å². The topological polar surface area (TPSA) is 283 Å². The molecule has 1 spiro atoms. The van der Waals surface area contributed by atoms with Crippen LogP contribution in [0.2, 0.25) is 5.02 Å². The van der Waals surface area contributed by atoms with Crippen LogP contribution in [0.1, 0.15) is 135 Å². The first kappa shape index (κ1) is 86.7. The number of fused-ring (bicyclic) bond motifs is 1. The molecular weight excluding hydrogens is 1370 g/mol. The van der Waals surface area contributed by atoms with Crippen LogP contribution < -0.4 is 16.0 Å². The molecule has 580 valence electrons. The van der Waals surface area contributed by atoms with Crippen molar-refractivity contribution >= 4 is 82.5 Å². The van der Waals surface area contributed by atoms with Crippen LogP contribution in [0.3, 0.4) is 0 Å². The summed E-state index contributed by atoms with van der Waals surface area (Å²) in [5.41, 5.74) is -0.967. The van der Waals surface area contributed by atoms with Gasteiger partial charge in [-0.2, -0.15) is 13.2 Å². The predicted molar refractivity (Wildman–Crippen MR) is 387 cm³/mol. The number of nitrogens with zero attached hydrogens (tertiary/aromatic N) is 10. The minimum Gasteiger partial charge on any atom is -0.378 e. The van der Waals surface area contributed by atoms with Gasteiger partial charge in [0.1, 0.15) is 53.9 Å². The number of aryl methyl sites for hydroxylation is 2. The molecule has 0 aromatic heterocycles. The number of benzene rings is 2. The summed E-state index contributed by atoms with van der Waals surface area (Å²) in [5, 5.41) is 7.95. The van der Waals surface area contributed by atoms with Crippen LogP contribution in [0.15, 0.2) is 42.5 Å². The number of alkyl halides is 3. The summed E-state index contributed by atoms with van der Waals surface area (Å²) >= 11 is 6.18. The van der Waals surface area contributed by atoms with Crippen molar-refractivity contribution in [2.45, 2.75) is 192 Å². The van der Waals surface area contributed by atoms with Crippen molar-refractivity contribution in [3.05, 3.63) is 69.7 Å². The molecule has 10 atom stereocenters. The van der Waals surface area contributed by atoms with Crippen LogP contribution in [0.25, 0.3) is 0 Å². The van der Waals surface area contributed by atoms with E-state index in [0.29, 0.717) is 37.8 Å². The second kappa shape index (κ2) is 38.4. The van der Waals surface area contributed by atoms with E-state index in [1.165, 1.54) is 98.8 Å². The Morgan fingerprint density at radius 2 is 1.32 bits per heavy atom. The maximum atomic E-state index is 15.5. The molecule has 3 fully saturated rings. The molecule has 1 unspecified atom stereocenters. The highest BCUT2D eigenvalue weighted by molar-refractivity contribution is 6.31. The van der Waals surface area contributed by atoms with Crippen molar-refractivity contribution in [1.82, 2.24) is 64.9 Å². The van der Waals surface area contributed by atoms with Gasteiger partial charge in [-0.25, -0.2) is 0 Å². The van der Waals surface area contributed by atoms with E-state index in [-0.39, 0.29) is 82.7 Å². The molecule has 104 heavy (non-hydrogen) atoms. The summed E-state index contributed by atoms with van der Waals surface area (Å²) in [7, 11) is 14.9. The zero-order valence-electron chi connectivity index (χ0n) is 64.1. The zero-order chi connectivity index (χ0) is 78.2. The Morgan fingerprint density at radius 3 is 1.87 bits per heavy atom. The molecule has 2 aliphatic heterocycles. The Balaban J connectivity index is 1.68. The number of hydrogen-bond donors (Lipinski definition) is 3. The standard InChI is InChI=1S/C74H113ClF3N13O13/c1-19-47(6)62-70(101)85(14)49(8)65(96)91-34-31-55(91)69(100)87(16)57(41-51-25-23-46(5)24-26-51)68(99)84(13)43-59(92)79-54(30-28-50-27-29-52(53(75)40-50)74(76,77)78)66(97)90(36-38-104-37-35-82(9)10)44-60(93)81-73(32-21-22-33-73)72(103)89(18)63(48(7)20-2)71(102)88(17)58(67(98)83(11)12)42-61(94)86(15)56(39-45(3)4)64(95)80-62/h23-27,29,40,45,47-49,54-58,62-63H,19-22,28,30-39,41-44H2,1-18H3,(H,79,92)(H,80,95)(H,81,93)/t47-,48-,49-,54?,55-,56-,57-,58-,62-,63-/m0/s1. The first-order valence-corrected chi connectivity index (χ1v) is 36.4. The van der Waals surface area contributed by atoms with Gasteiger partial charge in [-0.1, -0.05) is 115 Å². The normalized spacial score (nSPS) is 24.2. The van der Waals surface area contributed by atoms with Gasteiger partial charge >= 0.3 is 6.18 Å². The lowest BCUT2D eigenvalue weighted by Crippen LogP contribution is -2.65. The maximum Gasteiger partial charge on any atom is 0.417 e. The molecular formula is C74H113ClF3N13O13. The monoisotopic (exact) mass is 1480 g/mol. The first-order chi connectivity index (χ1) is 48.6. The molecule has 3 N–H and O–H groups in total. The molecule has 1 aliphatic carbocycles. The van der Waals surface area contributed by atoms with Gasteiger partial charge in [0.05, 0.1) is 43.3 Å². The van der Waals surface area contributed by atoms with Gasteiger partial charge in [-0.3, -0.25) is 57.5 Å². The Bertz CT molecular complexity index is 3370. The number of rotatable bonds is 18. The number of carbonyl (C=O) groups is 12. The molecule has 1 saturated carbocycles. The minimum atomic E-state index is -4.79. The van der Waals surface area contributed by atoms with Crippen molar-refractivity contribution in [2.75, 3.05) is 116 Å². The molecule has 5 rings (SSSR count). The lowest BCUT2D eigenvalue weighted by Gasteiger charge is -2.45. The van der Waals surface area contributed by atoms with Crippen molar-refractivity contribution in [2.24, 2.45) is 17.8 Å². The van der Waals surface area contributed by atoms with Gasteiger partial charge < -0.3 is 69.7 Å². The highest BCUT2D eigenvalue weighted by Crippen LogP contribution is 2.37. The zero-order valence-corrected chi connectivity index (χ0v) is 64.9. The Labute approximate surface area is 616 Å². The number of amides is 12. The van der Waals surface area contributed by atoms with Gasteiger partial charge in [0.25, 0.3) is 0 Å². The van der Waals surface area contributed by atoms with Crippen LogP contribution in [-0.4, -0.2) is 290 Å². The quantitative estimate of drug-likeness (QED) is 0.174. The molecule has 26 nitrogen and oxygen atoms in total. The summed E-state index contributed by atoms with van der Waals surface area (Å²) in [6, 6.07) is -0.129. The summed E-state index contributed by atoms with van der Waals surface area (Å²) in [4.78, 5) is 192. The molecule has 0 bridgehead atoms. The maximum absolute atomic E-state index is 15.5. The summed E-state index contributed by atoms with van der Waals surface area (Å²) < 4.78 is 47.8. The summed E-state index contributed by atoms with van der Waals surface area (Å²) in [6.45, 7) is 13.1. The largest absolute Gasteiger partial charge is 0.417 e. The Hall–Kier alpha value is -7.92. The number of nitrogens with one attached hydrogen (secondary N) is 3. The number of carbonyl (C=O) groups excluding carboxylic acids is 12.